The van der Waals surface area contributed by atoms with Crippen LogP contribution >= 0.6 is 0 Å². The maximum Gasteiger partial charge on any atom is 0.119 e. The van der Waals surface area contributed by atoms with E-state index in [0.29, 0.717) is 5.92 Å². The Kier molecular flexibility index (Phi) is 17.1. The van der Waals surface area contributed by atoms with Gasteiger partial charge < -0.3 is 4.74 Å². The summed E-state index contributed by atoms with van der Waals surface area (Å²) in [6.07, 6.45) is 23.8. The first-order chi connectivity index (χ1) is 14.3. The topological polar surface area (TPSA) is 9.23 Å². The molecule has 1 rings (SSSR count). The lowest BCUT2D eigenvalue weighted by Gasteiger charge is -2.10. The zero-order valence-electron chi connectivity index (χ0n) is 20.0. The van der Waals surface area contributed by atoms with Crippen molar-refractivity contribution in [3.05, 3.63) is 29.8 Å². The molecule has 0 amide bonds. The summed E-state index contributed by atoms with van der Waals surface area (Å²) in [6, 6.07) is 8.70. The predicted octanol–water partition coefficient (Wildman–Crippen LogP) is 9.84. The van der Waals surface area contributed by atoms with Crippen molar-refractivity contribution in [2.45, 2.75) is 136 Å². The van der Waals surface area contributed by atoms with Crippen LogP contribution in [-0.2, 0) is 0 Å². The van der Waals surface area contributed by atoms with E-state index in [9.17, 15) is 0 Å². The number of hydrogen-bond acceptors (Lipinski definition) is 1. The molecule has 1 aromatic carbocycles. The first kappa shape index (κ1) is 26.1. The summed E-state index contributed by atoms with van der Waals surface area (Å²) in [6.45, 7) is 7.68. The van der Waals surface area contributed by atoms with E-state index in [1.54, 1.807) is 0 Å². The van der Waals surface area contributed by atoms with Gasteiger partial charge >= 0.3 is 0 Å². The van der Waals surface area contributed by atoms with Crippen LogP contribution in [0.25, 0.3) is 0 Å². The highest BCUT2D eigenvalue weighted by atomic mass is 16.5. The highest BCUT2D eigenvalue weighted by Gasteiger charge is 2.02. The van der Waals surface area contributed by atoms with Crippen molar-refractivity contribution in [1.82, 2.24) is 0 Å². The summed E-state index contributed by atoms with van der Waals surface area (Å²) in [4.78, 5) is 0. The molecule has 1 atom stereocenters. The Morgan fingerprint density at radius 3 is 1.41 bits per heavy atom. The number of rotatable bonds is 20. The van der Waals surface area contributed by atoms with Crippen molar-refractivity contribution >= 4 is 0 Å². The van der Waals surface area contributed by atoms with Crippen molar-refractivity contribution in [3.63, 3.8) is 0 Å². The standard InChI is InChI=1S/C28H50O/c1-4-6-7-8-9-10-11-12-13-14-15-16-17-18-19-20-25-29-28-23-21-27(22-24-28)26(3)5-2/h21-24,26H,4-20,25H2,1-3H3. The molecule has 0 saturated carbocycles. The second kappa shape index (κ2) is 19.0. The third-order valence-electron chi connectivity index (χ3n) is 6.33. The summed E-state index contributed by atoms with van der Waals surface area (Å²) < 4.78 is 5.89. The van der Waals surface area contributed by atoms with Crippen LogP contribution in [0.15, 0.2) is 24.3 Å². The van der Waals surface area contributed by atoms with Crippen LogP contribution in [0, 0.1) is 0 Å². The van der Waals surface area contributed by atoms with Gasteiger partial charge in [0.05, 0.1) is 6.61 Å². The summed E-state index contributed by atoms with van der Waals surface area (Å²) in [5.74, 6) is 1.67. The Hall–Kier alpha value is -0.980. The van der Waals surface area contributed by atoms with E-state index in [1.165, 1.54) is 115 Å². The van der Waals surface area contributed by atoms with E-state index >= 15 is 0 Å². The average molecular weight is 403 g/mol. The molecule has 0 saturated heterocycles. The van der Waals surface area contributed by atoms with Gasteiger partial charge in [-0.1, -0.05) is 129 Å². The van der Waals surface area contributed by atoms with Crippen LogP contribution in [0.5, 0.6) is 5.75 Å². The van der Waals surface area contributed by atoms with E-state index in [4.69, 9.17) is 4.74 Å². The molecule has 0 radical (unpaired) electrons. The van der Waals surface area contributed by atoms with E-state index in [1.807, 2.05) is 0 Å². The van der Waals surface area contributed by atoms with Gasteiger partial charge in [0.1, 0.15) is 5.75 Å². The molecule has 0 bridgehead atoms. The van der Waals surface area contributed by atoms with Gasteiger partial charge in [0.2, 0.25) is 0 Å². The molecule has 0 spiro atoms. The van der Waals surface area contributed by atoms with E-state index in [0.717, 1.165) is 12.4 Å². The van der Waals surface area contributed by atoms with Crippen molar-refractivity contribution in [2.24, 2.45) is 0 Å². The first-order valence-electron chi connectivity index (χ1n) is 13.0. The minimum absolute atomic E-state index is 0.643. The van der Waals surface area contributed by atoms with Crippen molar-refractivity contribution < 1.29 is 4.74 Å². The molecule has 0 heterocycles. The highest BCUT2D eigenvalue weighted by molar-refractivity contribution is 5.29. The molecule has 1 aromatic rings. The smallest absolute Gasteiger partial charge is 0.119 e. The van der Waals surface area contributed by atoms with Crippen LogP contribution in [0.1, 0.15) is 141 Å². The number of hydrogen-bond donors (Lipinski definition) is 0. The van der Waals surface area contributed by atoms with Gasteiger partial charge in [-0.15, -0.1) is 0 Å². The molecule has 0 aromatic heterocycles. The first-order valence-corrected chi connectivity index (χ1v) is 13.0. The Balaban J connectivity index is 1.81. The van der Waals surface area contributed by atoms with Crippen LogP contribution in [0.2, 0.25) is 0 Å². The quantitative estimate of drug-likeness (QED) is 0.197. The molecule has 0 aliphatic rings. The second-order valence-corrected chi connectivity index (χ2v) is 9.03. The third-order valence-corrected chi connectivity index (χ3v) is 6.33. The maximum atomic E-state index is 5.89. The number of ether oxygens (including phenoxy) is 1. The lowest BCUT2D eigenvalue weighted by atomic mass is 9.99. The van der Waals surface area contributed by atoms with Gasteiger partial charge in [-0.25, -0.2) is 0 Å². The number of benzene rings is 1. The minimum atomic E-state index is 0.643. The average Bonchev–Trinajstić information content (AvgIpc) is 2.75. The lowest BCUT2D eigenvalue weighted by Crippen LogP contribution is -1.98. The fourth-order valence-electron chi connectivity index (χ4n) is 3.97. The molecular weight excluding hydrogens is 352 g/mol. The van der Waals surface area contributed by atoms with E-state index in [-0.39, 0.29) is 0 Å². The molecule has 0 aliphatic carbocycles. The predicted molar refractivity (Wildman–Crippen MR) is 130 cm³/mol. The zero-order valence-corrected chi connectivity index (χ0v) is 20.0. The monoisotopic (exact) mass is 402 g/mol. The Morgan fingerprint density at radius 1 is 0.586 bits per heavy atom. The summed E-state index contributed by atoms with van der Waals surface area (Å²) in [7, 11) is 0. The Labute approximate surface area is 183 Å². The SMILES string of the molecule is CCCCCCCCCCCCCCCCCCOc1ccc(C(C)CC)cc1. The summed E-state index contributed by atoms with van der Waals surface area (Å²) in [5.41, 5.74) is 1.42. The molecule has 29 heavy (non-hydrogen) atoms. The van der Waals surface area contributed by atoms with Crippen molar-refractivity contribution in [1.29, 1.82) is 0 Å². The number of unbranched alkanes of at least 4 members (excludes halogenated alkanes) is 15. The second-order valence-electron chi connectivity index (χ2n) is 9.03. The van der Waals surface area contributed by atoms with Gasteiger partial charge in [0, 0.05) is 0 Å². The highest BCUT2D eigenvalue weighted by Crippen LogP contribution is 2.21. The summed E-state index contributed by atoms with van der Waals surface area (Å²) in [5, 5.41) is 0. The summed E-state index contributed by atoms with van der Waals surface area (Å²) >= 11 is 0. The van der Waals surface area contributed by atoms with Crippen molar-refractivity contribution in [3.8, 4) is 5.75 Å². The normalized spacial score (nSPS) is 12.2. The van der Waals surface area contributed by atoms with Gasteiger partial charge in [0.25, 0.3) is 0 Å². The van der Waals surface area contributed by atoms with Crippen molar-refractivity contribution in [2.75, 3.05) is 6.61 Å². The molecule has 0 aliphatic heterocycles. The molecule has 168 valence electrons. The lowest BCUT2D eigenvalue weighted by molar-refractivity contribution is 0.304. The maximum absolute atomic E-state index is 5.89. The Morgan fingerprint density at radius 2 is 1.00 bits per heavy atom. The van der Waals surface area contributed by atoms with Crippen LogP contribution in [0.3, 0.4) is 0 Å². The molecule has 1 heteroatoms. The van der Waals surface area contributed by atoms with E-state index < -0.39 is 0 Å². The largest absolute Gasteiger partial charge is 0.494 e. The van der Waals surface area contributed by atoms with Crippen LogP contribution < -0.4 is 4.74 Å². The van der Waals surface area contributed by atoms with Gasteiger partial charge in [-0.2, -0.15) is 0 Å². The molecule has 0 fully saturated rings. The zero-order chi connectivity index (χ0) is 21.0. The molecule has 1 nitrogen and oxygen atoms in total. The Bertz CT molecular complexity index is 450. The fourth-order valence-corrected chi connectivity index (χ4v) is 3.97. The molecule has 1 unspecified atom stereocenters. The van der Waals surface area contributed by atoms with Crippen LogP contribution in [-0.4, -0.2) is 6.61 Å². The third kappa shape index (κ3) is 14.6. The van der Waals surface area contributed by atoms with Gasteiger partial charge in [-0.05, 0) is 36.5 Å². The molecule has 0 N–H and O–H groups in total. The van der Waals surface area contributed by atoms with E-state index in [2.05, 4.69) is 45.0 Å². The van der Waals surface area contributed by atoms with Gasteiger partial charge in [-0.3, -0.25) is 0 Å². The van der Waals surface area contributed by atoms with Crippen LogP contribution in [0.4, 0.5) is 0 Å². The fraction of sp³-hybridized carbons (Fsp3) is 0.786. The molecular formula is C28H50O. The minimum Gasteiger partial charge on any atom is -0.494 e. The van der Waals surface area contributed by atoms with Gasteiger partial charge in [0.15, 0.2) is 0 Å².